The van der Waals surface area contributed by atoms with Gasteiger partial charge in [0.15, 0.2) is 18.8 Å². The maximum Gasteiger partial charge on any atom is 0.286 e. The fourth-order valence-corrected chi connectivity index (χ4v) is 18.3. The summed E-state index contributed by atoms with van der Waals surface area (Å²) < 4.78 is 34.5. The molecule has 0 atom stereocenters. The maximum atomic E-state index is 6.22. The number of hydrogen-bond acceptors (Lipinski definition) is 6. The molecule has 0 amide bonds. The van der Waals surface area contributed by atoms with Crippen molar-refractivity contribution in [2.45, 2.75) is 103 Å². The first-order valence-corrected chi connectivity index (χ1v) is 23.3. The van der Waals surface area contributed by atoms with Crippen molar-refractivity contribution in [3.05, 3.63) is 10.8 Å². The van der Waals surface area contributed by atoms with E-state index in [-0.39, 0.29) is 32.5 Å². The highest BCUT2D eigenvalue weighted by molar-refractivity contribution is 6.56. The van der Waals surface area contributed by atoms with Crippen LogP contribution in [0.3, 0.4) is 0 Å². The van der Waals surface area contributed by atoms with E-state index in [4.69, 9.17) is 24.7 Å². The molecule has 0 spiro atoms. The van der Waals surface area contributed by atoms with Gasteiger partial charge in [-0.2, -0.15) is 0 Å². The first-order chi connectivity index (χ1) is 16.2. The van der Waals surface area contributed by atoms with Crippen LogP contribution in [0, 0.1) is 32.5 Å². The van der Waals surface area contributed by atoms with Gasteiger partial charge in [0.05, 0.1) is 0 Å². The highest BCUT2D eigenvalue weighted by atomic mass is 28.4. The summed E-state index contributed by atoms with van der Waals surface area (Å²) >= 11 is 0. The Labute approximate surface area is 239 Å². The summed E-state index contributed by atoms with van der Waals surface area (Å²) in [7, 11) is -6.40. The van der Waals surface area contributed by atoms with Gasteiger partial charge in [0.2, 0.25) is 0 Å². The van der Waals surface area contributed by atoms with Crippen molar-refractivity contribution in [3.63, 3.8) is 0 Å². The molecule has 1 aliphatic carbocycles. The highest BCUT2D eigenvalue weighted by Gasteiger charge is 2.73. The number of allylic oxidation sites excluding steroid dienone is 2. The molecule has 6 nitrogen and oxygen atoms in total. The fourth-order valence-electron chi connectivity index (χ4n) is 6.60. The van der Waals surface area contributed by atoms with Crippen LogP contribution in [0.4, 0.5) is 0 Å². The van der Waals surface area contributed by atoms with E-state index in [1.54, 1.807) is 0 Å². The highest BCUT2D eigenvalue weighted by Crippen LogP contribution is 2.79. The van der Waals surface area contributed by atoms with E-state index in [0.717, 1.165) is 0 Å². The zero-order valence-corrected chi connectivity index (χ0v) is 35.9. The Morgan fingerprint density at radius 2 is 0.833 bits per heavy atom. The minimum atomic E-state index is -0.983. The van der Waals surface area contributed by atoms with Gasteiger partial charge in [0.1, 0.15) is 0 Å². The Kier molecular flexibility index (Phi) is 12.8. The van der Waals surface area contributed by atoms with Crippen LogP contribution in [0.1, 0.15) is 90.0 Å². The van der Waals surface area contributed by atoms with Crippen LogP contribution < -0.4 is 0 Å². The van der Waals surface area contributed by atoms with Crippen LogP contribution in [0.2, 0.25) is 13.1 Å². The van der Waals surface area contributed by atoms with Gasteiger partial charge in [-0.3, -0.25) is 0 Å². The van der Waals surface area contributed by atoms with Crippen LogP contribution in [0.25, 0.3) is 0 Å². The predicted octanol–water partition coefficient (Wildman–Crippen LogP) is 1.59. The Morgan fingerprint density at radius 3 is 1.22 bits per heavy atom. The first kappa shape index (κ1) is 35.0. The SMILES string of the molecule is CC([SiH2]O[SiH2]O[SiH2]O[SiH2]O[SiH2]O[SiH2]O[SiH](C)C)=C(C)C1(C)C(C)(C)C(C)(C)C(C)(C)C(C)(C)C1(C)C. The van der Waals surface area contributed by atoms with Crippen molar-refractivity contribution in [2.75, 3.05) is 0 Å². The minimum absolute atomic E-state index is 0.0311. The maximum absolute atomic E-state index is 6.22. The van der Waals surface area contributed by atoms with Gasteiger partial charge in [-0.1, -0.05) is 86.9 Å². The van der Waals surface area contributed by atoms with Crippen LogP contribution in [-0.2, 0) is 24.7 Å². The molecule has 0 aromatic heterocycles. The van der Waals surface area contributed by atoms with E-state index in [1.165, 1.54) is 10.8 Å². The molecule has 0 heterocycles. The lowest BCUT2D eigenvalue weighted by atomic mass is 9.27. The average molecular weight is 627 g/mol. The van der Waals surface area contributed by atoms with Crippen LogP contribution in [-0.4, -0.2) is 68.8 Å². The van der Waals surface area contributed by atoms with Crippen molar-refractivity contribution in [1.29, 1.82) is 0 Å². The molecule has 0 unspecified atom stereocenters. The molecule has 214 valence electrons. The molecule has 0 bridgehead atoms. The smallest absolute Gasteiger partial charge is 0.286 e. The molecule has 1 saturated carbocycles. The summed E-state index contributed by atoms with van der Waals surface area (Å²) in [6.07, 6.45) is 0. The van der Waals surface area contributed by atoms with E-state index >= 15 is 0 Å². The van der Waals surface area contributed by atoms with Crippen LogP contribution in [0.15, 0.2) is 10.8 Å². The number of rotatable bonds is 14. The zero-order chi connectivity index (χ0) is 28.2. The van der Waals surface area contributed by atoms with Gasteiger partial charge in [0.25, 0.3) is 50.0 Å². The second-order valence-corrected chi connectivity index (χ2v) is 27.7. The van der Waals surface area contributed by atoms with Gasteiger partial charge in [-0.25, -0.2) is 0 Å². The van der Waals surface area contributed by atoms with E-state index in [9.17, 15) is 0 Å². The molecule has 0 aromatic rings. The zero-order valence-electron chi connectivity index (χ0n) is 26.3. The normalized spacial score (nSPS) is 26.0. The number of hydrogen-bond donors (Lipinski definition) is 0. The predicted molar refractivity (Wildman–Crippen MR) is 172 cm³/mol. The Balaban J connectivity index is 2.73. The van der Waals surface area contributed by atoms with E-state index in [1.807, 2.05) is 0 Å². The molecular weight excluding hydrogens is 569 g/mol. The summed E-state index contributed by atoms with van der Waals surface area (Å²) in [5.74, 6) is 0. The third-order valence-corrected chi connectivity index (χ3v) is 22.6. The second-order valence-electron chi connectivity index (χ2n) is 13.6. The molecule has 36 heavy (non-hydrogen) atoms. The Hall–Kier alpha value is 1.02. The molecule has 1 aliphatic rings. The molecule has 0 radical (unpaired) electrons. The first-order valence-electron chi connectivity index (χ1n) is 13.4. The topological polar surface area (TPSA) is 55.4 Å². The fraction of sp³-hybridized carbons (Fsp3) is 0.913. The third-order valence-electron chi connectivity index (χ3n) is 11.6. The van der Waals surface area contributed by atoms with E-state index < -0.39 is 68.8 Å². The minimum Gasteiger partial charge on any atom is -0.444 e. The summed E-state index contributed by atoms with van der Waals surface area (Å²) in [5.41, 5.74) is 2.21. The molecule has 1 rings (SSSR count). The molecule has 13 heteroatoms. The quantitative estimate of drug-likeness (QED) is 0.216. The van der Waals surface area contributed by atoms with Gasteiger partial charge in [-0.15, -0.1) is 0 Å². The monoisotopic (exact) mass is 626 g/mol. The third kappa shape index (κ3) is 6.33. The second kappa shape index (κ2) is 13.1. The van der Waals surface area contributed by atoms with Gasteiger partial charge < -0.3 is 24.7 Å². The molecule has 0 aromatic carbocycles. The standard InChI is InChI=1S/C23H58O6Si7/c1-16(17(2)30-24-31-25-32-26-33-27-34-28-35-29-36(14)15)23(13)21(9,10)19(5,6)18(3,4)20(7,8)22(23,11)12/h36H,30-35H2,1-15H3. The summed E-state index contributed by atoms with van der Waals surface area (Å²) in [5, 5.41) is 1.47. The molecule has 0 aliphatic heterocycles. The lowest BCUT2D eigenvalue weighted by molar-refractivity contribution is -0.276. The Bertz CT molecular complexity index is 723. The summed E-state index contributed by atoms with van der Waals surface area (Å²) in [4.78, 5) is 0. The van der Waals surface area contributed by atoms with Gasteiger partial charge >= 0.3 is 0 Å². The van der Waals surface area contributed by atoms with Gasteiger partial charge in [0, 0.05) is 0 Å². The van der Waals surface area contributed by atoms with Crippen molar-refractivity contribution in [3.8, 4) is 0 Å². The van der Waals surface area contributed by atoms with Crippen molar-refractivity contribution in [1.82, 2.24) is 0 Å². The van der Waals surface area contributed by atoms with Crippen LogP contribution in [0.5, 0.6) is 0 Å². The average Bonchev–Trinajstić information content (AvgIpc) is 2.76. The van der Waals surface area contributed by atoms with Gasteiger partial charge in [-0.05, 0) is 59.4 Å². The Morgan fingerprint density at radius 1 is 0.500 bits per heavy atom. The molecule has 0 N–H and O–H groups in total. The molecule has 0 saturated heterocycles. The van der Waals surface area contributed by atoms with E-state index in [0.29, 0.717) is 0 Å². The summed E-state index contributed by atoms with van der Waals surface area (Å²) in [6.45, 7) is 36.5. The van der Waals surface area contributed by atoms with Crippen molar-refractivity contribution < 1.29 is 24.7 Å². The van der Waals surface area contributed by atoms with Crippen LogP contribution >= 0.6 is 0 Å². The largest absolute Gasteiger partial charge is 0.444 e. The lowest BCUT2D eigenvalue weighted by Crippen LogP contribution is -2.71. The molecule has 1 fully saturated rings. The van der Waals surface area contributed by atoms with E-state index in [2.05, 4.69) is 103 Å². The lowest BCUT2D eigenvalue weighted by Gasteiger charge is -2.77. The van der Waals surface area contributed by atoms with Crippen molar-refractivity contribution in [2.24, 2.45) is 32.5 Å². The summed E-state index contributed by atoms with van der Waals surface area (Å²) in [6, 6.07) is 0. The molecular formula is C23H58O6Si7. The van der Waals surface area contributed by atoms with Crippen molar-refractivity contribution >= 4 is 68.8 Å².